The Morgan fingerprint density at radius 3 is 2.90 bits per heavy atom. The fourth-order valence-electron chi connectivity index (χ4n) is 1.67. The molecule has 104 valence electrons. The maximum atomic E-state index is 11.6. The number of fused-ring (bicyclic) bond motifs is 2. The van der Waals surface area contributed by atoms with E-state index < -0.39 is 17.2 Å². The fourth-order valence-corrected chi connectivity index (χ4v) is 1.67. The molecule has 11 nitrogen and oxygen atoms in total. The highest BCUT2D eigenvalue weighted by Crippen LogP contribution is 2.06. The van der Waals surface area contributed by atoms with Gasteiger partial charge in [0.05, 0.1) is 0 Å². The molecule has 3 heterocycles. The van der Waals surface area contributed by atoms with Crippen molar-refractivity contribution < 1.29 is 9.32 Å². The van der Waals surface area contributed by atoms with Crippen LogP contribution in [0.1, 0.15) is 10.5 Å². The molecular formula is C9H9N7O4. The number of aromatic nitrogens is 6. The molecule has 0 radical (unpaired) electrons. The van der Waals surface area contributed by atoms with Crippen molar-refractivity contribution in [1.29, 1.82) is 0 Å². The van der Waals surface area contributed by atoms with Gasteiger partial charge in [-0.25, -0.2) is 9.78 Å². The summed E-state index contributed by atoms with van der Waals surface area (Å²) in [5.41, 5.74) is -1.28. The lowest BCUT2D eigenvalue weighted by molar-refractivity contribution is 0.0960. The number of amides is 1. The lowest BCUT2D eigenvalue weighted by Crippen LogP contribution is -2.22. The quantitative estimate of drug-likeness (QED) is 0.370. The fraction of sp³-hybridized carbons (Fsp3) is 0.111. The predicted molar refractivity (Wildman–Crippen MR) is 65.9 cm³/mol. The van der Waals surface area contributed by atoms with Crippen molar-refractivity contribution in [3.8, 4) is 0 Å². The third-order valence-electron chi connectivity index (χ3n) is 2.58. The Morgan fingerprint density at radius 2 is 2.15 bits per heavy atom. The van der Waals surface area contributed by atoms with E-state index in [1.54, 1.807) is 0 Å². The highest BCUT2D eigenvalue weighted by atomic mass is 16.5. The van der Waals surface area contributed by atoms with Gasteiger partial charge in [0.2, 0.25) is 0 Å². The Morgan fingerprint density at radius 1 is 1.35 bits per heavy atom. The minimum atomic E-state index is -0.717. The van der Waals surface area contributed by atoms with Gasteiger partial charge in [-0.3, -0.25) is 29.8 Å². The van der Waals surface area contributed by atoms with Crippen LogP contribution < -0.4 is 16.6 Å². The maximum absolute atomic E-state index is 11.6. The first-order valence-electron chi connectivity index (χ1n) is 5.46. The number of H-pyrrole nitrogens is 4. The second-order valence-corrected chi connectivity index (χ2v) is 3.80. The first kappa shape index (κ1) is 11.8. The lowest BCUT2D eigenvalue weighted by atomic mass is 10.4. The molecule has 0 saturated carbocycles. The Labute approximate surface area is 108 Å². The second kappa shape index (κ2) is 4.15. The van der Waals surface area contributed by atoms with Crippen molar-refractivity contribution in [3.05, 3.63) is 32.9 Å². The van der Waals surface area contributed by atoms with Gasteiger partial charge in [0.1, 0.15) is 6.33 Å². The molecule has 0 atom stereocenters. The molecule has 0 unspecified atom stereocenters. The van der Waals surface area contributed by atoms with Gasteiger partial charge < -0.3 is 9.84 Å². The molecule has 3 aromatic heterocycles. The molecule has 0 saturated heterocycles. The molecule has 5 N–H and O–H groups in total. The molecule has 0 spiro atoms. The standard InChI is InChI=1S/C9H9N7O4/c1-10-6(17)3-5-15-14-4-7(18)12-9(19)13-8(4)20-16(5)2-11-3/h2,14-15H,1H3,(H,10,17)(H2,12,13,18,19). The number of aromatic amines is 4. The zero-order chi connectivity index (χ0) is 14.3. The van der Waals surface area contributed by atoms with E-state index in [0.717, 1.165) is 4.57 Å². The molecule has 3 aromatic rings. The van der Waals surface area contributed by atoms with E-state index in [0.29, 0.717) is 0 Å². The first-order chi connectivity index (χ1) is 9.60. The average Bonchev–Trinajstić information content (AvgIpc) is 2.71. The van der Waals surface area contributed by atoms with Crippen LogP contribution in [0.4, 0.5) is 0 Å². The Bertz CT molecular complexity index is 960. The Balaban J connectivity index is 2.46. The van der Waals surface area contributed by atoms with E-state index in [-0.39, 0.29) is 22.6 Å². The largest absolute Gasteiger partial charge is 0.354 e. The first-order valence-corrected chi connectivity index (χ1v) is 5.46. The minimum Gasteiger partial charge on any atom is -0.354 e. The molecule has 3 rings (SSSR count). The molecule has 0 aliphatic carbocycles. The summed E-state index contributed by atoms with van der Waals surface area (Å²) in [7, 11) is 1.45. The van der Waals surface area contributed by atoms with Crippen LogP contribution in [-0.4, -0.2) is 42.7 Å². The highest BCUT2D eigenvalue weighted by molar-refractivity contribution is 5.97. The van der Waals surface area contributed by atoms with E-state index >= 15 is 0 Å². The molecular weight excluding hydrogens is 270 g/mol. The van der Waals surface area contributed by atoms with Gasteiger partial charge in [0, 0.05) is 7.05 Å². The molecule has 0 aliphatic heterocycles. The summed E-state index contributed by atoms with van der Waals surface area (Å²) in [5.74, 6) is -0.440. The van der Waals surface area contributed by atoms with Crippen molar-refractivity contribution in [2.24, 2.45) is 0 Å². The van der Waals surface area contributed by atoms with Gasteiger partial charge in [-0.15, -0.1) is 4.57 Å². The van der Waals surface area contributed by atoms with E-state index in [2.05, 4.69) is 25.5 Å². The number of hydrogen-bond donors (Lipinski definition) is 5. The Kier molecular flexibility index (Phi) is 2.45. The average molecular weight is 279 g/mol. The van der Waals surface area contributed by atoms with Gasteiger partial charge in [-0.1, -0.05) is 0 Å². The molecule has 0 fully saturated rings. The summed E-state index contributed by atoms with van der Waals surface area (Å²) in [4.78, 5) is 42.7. The van der Waals surface area contributed by atoms with Crippen LogP contribution in [0.5, 0.6) is 0 Å². The van der Waals surface area contributed by atoms with Crippen LogP contribution in [-0.2, 0) is 0 Å². The highest BCUT2D eigenvalue weighted by Gasteiger charge is 2.13. The van der Waals surface area contributed by atoms with Crippen LogP contribution in [0.2, 0.25) is 0 Å². The van der Waals surface area contributed by atoms with Crippen LogP contribution in [0.15, 0.2) is 20.4 Å². The monoisotopic (exact) mass is 279 g/mol. The van der Waals surface area contributed by atoms with E-state index in [1.807, 2.05) is 4.98 Å². The zero-order valence-electron chi connectivity index (χ0n) is 10.1. The summed E-state index contributed by atoms with van der Waals surface area (Å²) < 4.78 is 6.42. The number of carbonyl (C=O) groups excluding carboxylic acids is 1. The van der Waals surface area contributed by atoms with Gasteiger partial charge in [-0.2, -0.15) is 0 Å². The van der Waals surface area contributed by atoms with Crippen LogP contribution in [0.3, 0.4) is 0 Å². The molecule has 0 aromatic carbocycles. The number of imidazole rings is 1. The molecule has 0 aliphatic rings. The molecule has 20 heavy (non-hydrogen) atoms. The second-order valence-electron chi connectivity index (χ2n) is 3.80. The summed E-state index contributed by atoms with van der Waals surface area (Å²) in [6.07, 6.45) is 1.23. The number of nitrogens with one attached hydrogen (secondary N) is 5. The predicted octanol–water partition coefficient (Wildman–Crippen LogP) is -1.40. The molecule has 0 bridgehead atoms. The third-order valence-corrected chi connectivity index (χ3v) is 2.58. The number of nitrogens with zero attached hydrogens (tertiary/aromatic N) is 2. The van der Waals surface area contributed by atoms with Gasteiger partial charge in [0.25, 0.3) is 17.2 Å². The van der Waals surface area contributed by atoms with E-state index in [1.165, 1.54) is 13.4 Å². The maximum Gasteiger partial charge on any atom is 0.328 e. The van der Waals surface area contributed by atoms with E-state index in [4.69, 9.17) is 4.52 Å². The van der Waals surface area contributed by atoms with Crippen LogP contribution >= 0.6 is 0 Å². The van der Waals surface area contributed by atoms with Crippen molar-refractivity contribution in [2.75, 3.05) is 7.05 Å². The van der Waals surface area contributed by atoms with Crippen molar-refractivity contribution in [2.45, 2.75) is 0 Å². The summed E-state index contributed by atoms with van der Waals surface area (Å²) >= 11 is 0. The van der Waals surface area contributed by atoms with Crippen molar-refractivity contribution in [1.82, 2.24) is 35.0 Å². The Hall–Kier alpha value is -3.24. The van der Waals surface area contributed by atoms with Gasteiger partial charge in [-0.05, 0) is 0 Å². The topological polar surface area (TPSA) is 157 Å². The summed E-state index contributed by atoms with van der Waals surface area (Å²) in [5, 5.41) is 7.60. The number of carbonyl (C=O) groups is 1. The summed E-state index contributed by atoms with van der Waals surface area (Å²) in [6.45, 7) is 0. The number of hydrogen-bond acceptors (Lipinski definition) is 5. The SMILES string of the molecule is CNC(=O)c1ncn2oc3[nH]c(=O)[nH]c(=O)c3[nH][nH]c12. The molecule has 11 heteroatoms. The van der Waals surface area contributed by atoms with Crippen molar-refractivity contribution >= 4 is 22.8 Å². The molecule has 1 amide bonds. The van der Waals surface area contributed by atoms with Crippen LogP contribution in [0.25, 0.3) is 16.9 Å². The number of rotatable bonds is 1. The van der Waals surface area contributed by atoms with Gasteiger partial charge >= 0.3 is 5.69 Å². The van der Waals surface area contributed by atoms with Crippen molar-refractivity contribution in [3.63, 3.8) is 0 Å². The van der Waals surface area contributed by atoms with Crippen LogP contribution in [0, 0.1) is 0 Å². The summed E-state index contributed by atoms with van der Waals surface area (Å²) in [6, 6.07) is 0. The van der Waals surface area contributed by atoms with E-state index in [9.17, 15) is 14.4 Å². The smallest absolute Gasteiger partial charge is 0.328 e. The normalized spacial score (nSPS) is 10.8. The van der Waals surface area contributed by atoms with Gasteiger partial charge in [0.15, 0.2) is 16.9 Å². The minimum absolute atomic E-state index is 0.0313. The third kappa shape index (κ3) is 1.68. The zero-order valence-corrected chi connectivity index (χ0v) is 10.1. The lowest BCUT2D eigenvalue weighted by Gasteiger charge is -1.92.